The molecule has 0 saturated carbocycles. The van der Waals surface area contributed by atoms with E-state index in [1.165, 1.54) is 22.7 Å². The summed E-state index contributed by atoms with van der Waals surface area (Å²) in [4.78, 5) is 28.9. The van der Waals surface area contributed by atoms with Crippen molar-refractivity contribution < 1.29 is 27.8 Å². The minimum Gasteiger partial charge on any atom is -0.485 e. The van der Waals surface area contributed by atoms with Gasteiger partial charge in [0.25, 0.3) is 5.91 Å². The summed E-state index contributed by atoms with van der Waals surface area (Å²) in [6.07, 6.45) is 1.45. The number of amides is 2. The quantitative estimate of drug-likeness (QED) is 0.426. The number of aryl methyl sites for hydroxylation is 1. The van der Waals surface area contributed by atoms with Crippen LogP contribution in [0, 0.1) is 18.6 Å². The number of imidazole rings is 1. The van der Waals surface area contributed by atoms with Crippen molar-refractivity contribution in [2.24, 2.45) is 0 Å². The number of rotatable bonds is 8. The molecule has 0 bridgehead atoms. The predicted octanol–water partition coefficient (Wildman–Crippen LogP) is 4.80. The Kier molecular flexibility index (Phi) is 8.16. The molecule has 2 N–H and O–H groups in total. The van der Waals surface area contributed by atoms with E-state index in [0.717, 1.165) is 12.1 Å². The summed E-state index contributed by atoms with van der Waals surface area (Å²) in [7, 11) is 0. The summed E-state index contributed by atoms with van der Waals surface area (Å²) >= 11 is 6.21. The van der Waals surface area contributed by atoms with Crippen LogP contribution in [0.5, 0.6) is 5.75 Å². The lowest BCUT2D eigenvalue weighted by Crippen LogP contribution is -2.34. The van der Waals surface area contributed by atoms with E-state index in [4.69, 9.17) is 21.1 Å². The van der Waals surface area contributed by atoms with Gasteiger partial charge in [-0.15, -0.1) is 0 Å². The molecule has 0 radical (unpaired) electrons. The molecular formula is C24H27ClF2N4O4. The summed E-state index contributed by atoms with van der Waals surface area (Å²) in [6.45, 7) is 7.19. The maximum atomic E-state index is 14.0. The lowest BCUT2D eigenvalue weighted by atomic mass is 10.2. The van der Waals surface area contributed by atoms with Crippen molar-refractivity contribution in [1.82, 2.24) is 20.0 Å². The first-order valence-corrected chi connectivity index (χ1v) is 11.3. The zero-order chi connectivity index (χ0) is 25.8. The molecule has 0 atom stereocenters. The van der Waals surface area contributed by atoms with Crippen LogP contribution in [-0.2, 0) is 11.3 Å². The first kappa shape index (κ1) is 26.2. The molecule has 0 aliphatic rings. The molecular weight excluding hydrogens is 482 g/mol. The van der Waals surface area contributed by atoms with Crippen LogP contribution in [0.4, 0.5) is 13.6 Å². The van der Waals surface area contributed by atoms with Crippen molar-refractivity contribution in [3.8, 4) is 5.75 Å². The van der Waals surface area contributed by atoms with Gasteiger partial charge in [-0.2, -0.15) is 0 Å². The average molecular weight is 509 g/mol. The Morgan fingerprint density at radius 1 is 1.14 bits per heavy atom. The number of carbonyl (C=O) groups excluding carboxylic acids is 2. The smallest absolute Gasteiger partial charge is 0.407 e. The first-order chi connectivity index (χ1) is 16.5. The molecule has 2 aromatic heterocycles. The molecule has 35 heavy (non-hydrogen) atoms. The van der Waals surface area contributed by atoms with Crippen molar-refractivity contribution in [3.63, 3.8) is 0 Å². The van der Waals surface area contributed by atoms with Crippen molar-refractivity contribution in [2.45, 2.75) is 46.3 Å². The molecule has 0 unspecified atom stereocenters. The van der Waals surface area contributed by atoms with Gasteiger partial charge in [0, 0.05) is 25.4 Å². The number of aromatic nitrogens is 2. The van der Waals surface area contributed by atoms with E-state index in [1.807, 2.05) is 0 Å². The van der Waals surface area contributed by atoms with Crippen LogP contribution in [0.15, 0.2) is 30.5 Å². The maximum Gasteiger partial charge on any atom is 0.407 e. The number of fused-ring (bicyclic) bond motifs is 1. The van der Waals surface area contributed by atoms with Gasteiger partial charge in [0.05, 0.1) is 16.3 Å². The fraction of sp³-hybridized carbons (Fsp3) is 0.375. The molecule has 2 amide bonds. The van der Waals surface area contributed by atoms with E-state index >= 15 is 0 Å². The second-order valence-corrected chi connectivity index (χ2v) is 9.23. The van der Waals surface area contributed by atoms with Crippen LogP contribution in [0.3, 0.4) is 0 Å². The van der Waals surface area contributed by atoms with Gasteiger partial charge >= 0.3 is 6.09 Å². The predicted molar refractivity (Wildman–Crippen MR) is 127 cm³/mol. The highest BCUT2D eigenvalue weighted by molar-refractivity contribution is 6.30. The van der Waals surface area contributed by atoms with Crippen molar-refractivity contribution in [3.05, 3.63) is 64.1 Å². The molecule has 3 aromatic rings. The van der Waals surface area contributed by atoms with Gasteiger partial charge in [-0.05, 0) is 46.2 Å². The van der Waals surface area contributed by atoms with Crippen molar-refractivity contribution >= 4 is 29.2 Å². The lowest BCUT2D eigenvalue weighted by molar-refractivity contribution is 0.0527. The van der Waals surface area contributed by atoms with Gasteiger partial charge in [0.1, 0.15) is 29.5 Å². The Balaban J connectivity index is 1.67. The van der Waals surface area contributed by atoms with Crippen LogP contribution in [0.1, 0.15) is 48.9 Å². The molecule has 2 heterocycles. The standard InChI is InChI=1S/C24H27ClF2N4O4/c1-14-20(22(32)28-9-6-10-29-23(33)35-24(2,3)4)31-12-15(25)11-19(21(31)30-14)34-13-16-17(26)7-5-8-18(16)27/h5,7-8,11-12H,6,9-10,13H2,1-4H3,(H,28,32)(H,29,33). The number of nitrogens with zero attached hydrogens (tertiary/aromatic N) is 2. The van der Waals surface area contributed by atoms with Crippen LogP contribution < -0.4 is 15.4 Å². The average Bonchev–Trinajstić information content (AvgIpc) is 3.07. The maximum absolute atomic E-state index is 14.0. The highest BCUT2D eigenvalue weighted by Crippen LogP contribution is 2.28. The van der Waals surface area contributed by atoms with E-state index in [1.54, 1.807) is 27.7 Å². The topological polar surface area (TPSA) is 94.0 Å². The number of nitrogens with one attached hydrogen (secondary N) is 2. The minimum atomic E-state index is -0.733. The Labute approximate surface area is 206 Å². The number of benzene rings is 1. The van der Waals surface area contributed by atoms with Crippen LogP contribution in [0.2, 0.25) is 5.02 Å². The third-order valence-electron chi connectivity index (χ3n) is 4.78. The van der Waals surface area contributed by atoms with E-state index < -0.39 is 29.2 Å². The molecule has 0 aliphatic carbocycles. The fourth-order valence-electron chi connectivity index (χ4n) is 3.27. The Morgan fingerprint density at radius 2 is 1.80 bits per heavy atom. The highest BCUT2D eigenvalue weighted by atomic mass is 35.5. The van der Waals surface area contributed by atoms with Crippen molar-refractivity contribution in [2.75, 3.05) is 13.1 Å². The minimum absolute atomic E-state index is 0.170. The number of hydrogen-bond donors (Lipinski definition) is 2. The number of halogens is 3. The summed E-state index contributed by atoms with van der Waals surface area (Å²) in [6, 6.07) is 5.01. The molecule has 0 fully saturated rings. The summed E-state index contributed by atoms with van der Waals surface area (Å²) in [5.41, 5.74) is 0.113. The number of hydrogen-bond acceptors (Lipinski definition) is 5. The molecule has 1 aromatic carbocycles. The Morgan fingerprint density at radius 3 is 2.46 bits per heavy atom. The van der Waals surface area contributed by atoms with E-state index in [2.05, 4.69) is 15.6 Å². The third kappa shape index (κ3) is 6.82. The van der Waals surface area contributed by atoms with E-state index in [0.29, 0.717) is 18.7 Å². The number of ether oxygens (including phenoxy) is 2. The summed E-state index contributed by atoms with van der Waals surface area (Å²) in [5, 5.41) is 5.64. The molecule has 0 aliphatic heterocycles. The van der Waals surface area contributed by atoms with Gasteiger partial charge in [0.15, 0.2) is 11.4 Å². The largest absolute Gasteiger partial charge is 0.485 e. The van der Waals surface area contributed by atoms with Crippen LogP contribution in [-0.4, -0.2) is 40.1 Å². The zero-order valence-corrected chi connectivity index (χ0v) is 20.6. The van der Waals surface area contributed by atoms with Gasteiger partial charge in [-0.1, -0.05) is 17.7 Å². The van der Waals surface area contributed by atoms with Gasteiger partial charge < -0.3 is 20.1 Å². The second-order valence-electron chi connectivity index (χ2n) is 8.79. The second kappa shape index (κ2) is 10.9. The molecule has 11 heteroatoms. The SMILES string of the molecule is Cc1nc2c(OCc3c(F)cccc3F)cc(Cl)cn2c1C(=O)NCCCNC(=O)OC(C)(C)C. The molecule has 3 rings (SSSR count). The molecule has 0 spiro atoms. The monoisotopic (exact) mass is 508 g/mol. The zero-order valence-electron chi connectivity index (χ0n) is 19.9. The summed E-state index contributed by atoms with van der Waals surface area (Å²) < 4.78 is 40.2. The fourth-order valence-corrected chi connectivity index (χ4v) is 3.47. The third-order valence-corrected chi connectivity index (χ3v) is 4.99. The van der Waals surface area contributed by atoms with Crippen LogP contribution in [0.25, 0.3) is 5.65 Å². The number of pyridine rings is 1. The Bertz CT molecular complexity index is 1220. The molecule has 0 saturated heterocycles. The Hall–Kier alpha value is -3.40. The lowest BCUT2D eigenvalue weighted by Gasteiger charge is -2.19. The molecule has 8 nitrogen and oxygen atoms in total. The summed E-state index contributed by atoms with van der Waals surface area (Å²) in [5.74, 6) is -1.70. The van der Waals surface area contributed by atoms with E-state index in [-0.39, 0.29) is 40.8 Å². The highest BCUT2D eigenvalue weighted by Gasteiger charge is 2.21. The van der Waals surface area contributed by atoms with Gasteiger partial charge in [-0.25, -0.2) is 18.6 Å². The molecule has 188 valence electrons. The van der Waals surface area contributed by atoms with E-state index in [9.17, 15) is 18.4 Å². The van der Waals surface area contributed by atoms with Crippen molar-refractivity contribution in [1.29, 1.82) is 0 Å². The first-order valence-electron chi connectivity index (χ1n) is 10.9. The van der Waals surface area contributed by atoms with Gasteiger partial charge in [-0.3, -0.25) is 9.20 Å². The normalized spacial score (nSPS) is 11.4. The number of alkyl carbamates (subject to hydrolysis) is 1. The van der Waals surface area contributed by atoms with Gasteiger partial charge in [0.2, 0.25) is 0 Å². The van der Waals surface area contributed by atoms with Crippen LogP contribution >= 0.6 is 11.6 Å². The number of carbonyl (C=O) groups is 2.